The van der Waals surface area contributed by atoms with Crippen LogP contribution in [0.25, 0.3) is 10.2 Å². The first-order valence-corrected chi connectivity index (χ1v) is 15.7. The van der Waals surface area contributed by atoms with E-state index < -0.39 is 59.6 Å². The number of thiazole rings is 1. The highest BCUT2D eigenvalue weighted by Gasteiger charge is 2.43. The van der Waals surface area contributed by atoms with E-state index in [-0.39, 0.29) is 24.8 Å². The number of Topliss-reactive ketones (excluding diaryl/α,β-unsaturated/α-hetero) is 1. The summed E-state index contributed by atoms with van der Waals surface area (Å²) < 4.78 is 53.2. The van der Waals surface area contributed by atoms with Crippen molar-refractivity contribution in [3.63, 3.8) is 0 Å². The summed E-state index contributed by atoms with van der Waals surface area (Å²) in [7, 11) is 0. The van der Waals surface area contributed by atoms with Crippen LogP contribution in [-0.2, 0) is 25.7 Å². The highest BCUT2D eigenvalue weighted by molar-refractivity contribution is 7.22. The maximum absolute atomic E-state index is 13.5. The number of nitrogens with zero attached hydrogens (tertiary/aromatic N) is 3. The highest BCUT2D eigenvalue weighted by Crippen LogP contribution is 2.33. The summed E-state index contributed by atoms with van der Waals surface area (Å²) in [6.07, 6.45) is -5.43. The van der Waals surface area contributed by atoms with Crippen LogP contribution in [0.5, 0.6) is 5.75 Å². The molecule has 2 aromatic carbocycles. The molecule has 0 spiro atoms. The topological polar surface area (TPSA) is 127 Å². The predicted molar refractivity (Wildman–Crippen MR) is 168 cm³/mol. The number of rotatable bonds is 9. The summed E-state index contributed by atoms with van der Waals surface area (Å²) >= 11 is 0.917. The van der Waals surface area contributed by atoms with Crippen molar-refractivity contribution in [2.24, 2.45) is 5.92 Å². The molecule has 254 valence electrons. The van der Waals surface area contributed by atoms with Gasteiger partial charge in [-0.15, -0.1) is 13.2 Å². The Bertz CT molecular complexity index is 1600. The van der Waals surface area contributed by atoms with Crippen LogP contribution < -0.4 is 10.1 Å². The molecule has 0 saturated carbocycles. The molecular weight excluding hydrogens is 641 g/mol. The maximum atomic E-state index is 13.5. The van der Waals surface area contributed by atoms with Gasteiger partial charge in [0.25, 0.3) is 0 Å². The van der Waals surface area contributed by atoms with E-state index in [9.17, 15) is 32.3 Å². The molecule has 1 N–H and O–H groups in total. The number of ether oxygens (including phenoxy) is 3. The van der Waals surface area contributed by atoms with Gasteiger partial charge in [-0.25, -0.2) is 14.6 Å². The highest BCUT2D eigenvalue weighted by atomic mass is 32.1. The maximum Gasteiger partial charge on any atom is 0.573 e. The van der Waals surface area contributed by atoms with Crippen LogP contribution in [0.15, 0.2) is 48.5 Å². The van der Waals surface area contributed by atoms with Crippen LogP contribution in [0.4, 0.5) is 27.9 Å². The molecule has 11 nitrogen and oxygen atoms in total. The Balaban J connectivity index is 1.45. The minimum atomic E-state index is -4.86. The summed E-state index contributed by atoms with van der Waals surface area (Å²) in [5.74, 6) is -2.93. The molecule has 1 aliphatic rings. The van der Waals surface area contributed by atoms with E-state index in [0.29, 0.717) is 23.1 Å². The first kappa shape index (κ1) is 35.5. The SMILES string of the molecule is CC(C(=O)CN(C(=O)OCc1ccccc1)C1(C)CCN(C(=O)OC(C)(C)C)CC1)C(=O)Nc1nc2ccc(OC(F)(F)F)cc2s1. The van der Waals surface area contributed by atoms with Crippen molar-refractivity contribution in [3.8, 4) is 5.75 Å². The fraction of sp³-hybridized carbons (Fsp3) is 0.469. The number of carbonyl (C=O) groups excluding carboxylic acids is 4. The second-order valence-corrected chi connectivity index (χ2v) is 13.5. The molecule has 2 heterocycles. The lowest BCUT2D eigenvalue weighted by molar-refractivity contribution is -0.274. The van der Waals surface area contributed by atoms with Gasteiger partial charge in [0.05, 0.1) is 22.7 Å². The minimum absolute atomic E-state index is 0.0339. The number of ketones is 1. The number of nitrogens with one attached hydrogen (secondary N) is 1. The number of hydrogen-bond acceptors (Lipinski definition) is 9. The van der Waals surface area contributed by atoms with Gasteiger partial charge in [-0.05, 0) is 65.2 Å². The molecule has 3 aromatic rings. The van der Waals surface area contributed by atoms with Crippen LogP contribution in [0.1, 0.15) is 53.0 Å². The number of amides is 3. The van der Waals surface area contributed by atoms with Gasteiger partial charge >= 0.3 is 18.5 Å². The number of halogens is 3. The summed E-state index contributed by atoms with van der Waals surface area (Å²) in [5, 5.41) is 2.62. The van der Waals surface area contributed by atoms with E-state index in [4.69, 9.17) is 9.47 Å². The van der Waals surface area contributed by atoms with Gasteiger partial charge in [-0.2, -0.15) is 0 Å². The lowest BCUT2D eigenvalue weighted by Crippen LogP contribution is -2.58. The molecule has 1 unspecified atom stereocenters. The van der Waals surface area contributed by atoms with E-state index in [1.54, 1.807) is 56.9 Å². The van der Waals surface area contributed by atoms with Crippen molar-refractivity contribution in [2.75, 3.05) is 25.0 Å². The number of alkyl halides is 3. The third-order valence-corrected chi connectivity index (χ3v) is 8.52. The lowest BCUT2D eigenvalue weighted by atomic mass is 9.87. The van der Waals surface area contributed by atoms with E-state index in [0.717, 1.165) is 29.0 Å². The van der Waals surface area contributed by atoms with Gasteiger partial charge in [0, 0.05) is 24.7 Å². The Labute approximate surface area is 274 Å². The molecule has 1 saturated heterocycles. The van der Waals surface area contributed by atoms with Crippen molar-refractivity contribution in [2.45, 2.75) is 71.6 Å². The monoisotopic (exact) mass is 678 g/mol. The Hall–Kier alpha value is -4.40. The van der Waals surface area contributed by atoms with Crippen LogP contribution in [0.3, 0.4) is 0 Å². The predicted octanol–water partition coefficient (Wildman–Crippen LogP) is 6.77. The number of benzene rings is 2. The second-order valence-electron chi connectivity index (χ2n) is 12.5. The van der Waals surface area contributed by atoms with Crippen molar-refractivity contribution in [1.82, 2.24) is 14.8 Å². The zero-order chi connectivity index (χ0) is 34.6. The Morgan fingerprint density at radius 1 is 1.06 bits per heavy atom. The van der Waals surface area contributed by atoms with Gasteiger partial charge < -0.3 is 24.4 Å². The Morgan fingerprint density at radius 2 is 1.72 bits per heavy atom. The molecule has 3 amide bonds. The second kappa shape index (κ2) is 14.2. The number of anilines is 1. The largest absolute Gasteiger partial charge is 0.573 e. The van der Waals surface area contributed by atoms with Crippen LogP contribution in [0, 0.1) is 5.92 Å². The molecule has 1 fully saturated rings. The van der Waals surface area contributed by atoms with Crippen molar-refractivity contribution < 1.29 is 46.6 Å². The van der Waals surface area contributed by atoms with Crippen LogP contribution in [0.2, 0.25) is 0 Å². The molecule has 1 aromatic heterocycles. The van der Waals surface area contributed by atoms with Gasteiger partial charge in [-0.1, -0.05) is 41.7 Å². The number of fused-ring (bicyclic) bond motifs is 1. The standard InChI is InChI=1S/C32H37F3N4O7S/c1-20(26(41)37-27-36-23-12-11-22(17-25(23)47-27)45-32(33,34)35)24(40)18-39(29(43)44-19-21-9-7-6-8-10-21)31(5)13-15-38(16-14-31)28(42)46-30(2,3)4/h6-12,17,20H,13-16,18-19H2,1-5H3,(H,36,37,41). The van der Waals surface area contributed by atoms with Crippen molar-refractivity contribution in [1.29, 1.82) is 0 Å². The molecule has 4 rings (SSSR count). The summed E-state index contributed by atoms with van der Waals surface area (Å²) in [6.45, 7) is 8.57. The summed E-state index contributed by atoms with van der Waals surface area (Å²) in [5.41, 5.74) is -0.486. The Morgan fingerprint density at radius 3 is 2.34 bits per heavy atom. The third kappa shape index (κ3) is 9.80. The fourth-order valence-corrected chi connectivity index (χ4v) is 5.75. The summed E-state index contributed by atoms with van der Waals surface area (Å²) in [4.78, 5) is 59.8. The first-order valence-electron chi connectivity index (χ1n) is 14.9. The fourth-order valence-electron chi connectivity index (χ4n) is 4.85. The normalized spacial score (nSPS) is 15.4. The van der Waals surface area contributed by atoms with Crippen LogP contribution >= 0.6 is 11.3 Å². The van der Waals surface area contributed by atoms with Gasteiger partial charge in [-0.3, -0.25) is 14.5 Å². The van der Waals surface area contributed by atoms with E-state index in [2.05, 4.69) is 15.0 Å². The quantitative estimate of drug-likeness (QED) is 0.246. The molecule has 0 aliphatic carbocycles. The van der Waals surface area contributed by atoms with E-state index in [1.807, 2.05) is 6.07 Å². The van der Waals surface area contributed by atoms with Gasteiger partial charge in [0.1, 0.15) is 18.0 Å². The van der Waals surface area contributed by atoms with Crippen LogP contribution in [-0.4, -0.2) is 75.8 Å². The molecule has 0 radical (unpaired) electrons. The zero-order valence-corrected chi connectivity index (χ0v) is 27.5. The number of likely N-dealkylation sites (tertiary alicyclic amines) is 1. The third-order valence-electron chi connectivity index (χ3n) is 7.58. The van der Waals surface area contributed by atoms with Crippen molar-refractivity contribution >= 4 is 50.6 Å². The number of hydrogen-bond donors (Lipinski definition) is 1. The summed E-state index contributed by atoms with van der Waals surface area (Å²) in [6, 6.07) is 12.6. The lowest BCUT2D eigenvalue weighted by Gasteiger charge is -2.46. The minimum Gasteiger partial charge on any atom is -0.445 e. The first-order chi connectivity index (χ1) is 21.9. The number of aromatic nitrogens is 1. The van der Waals surface area contributed by atoms with Gasteiger partial charge in [0.2, 0.25) is 5.91 Å². The molecule has 0 bridgehead atoms. The molecule has 1 atom stereocenters. The number of piperidine rings is 1. The van der Waals surface area contributed by atoms with E-state index >= 15 is 0 Å². The van der Waals surface area contributed by atoms with Gasteiger partial charge in [0.15, 0.2) is 10.9 Å². The average Bonchev–Trinajstić information content (AvgIpc) is 3.38. The van der Waals surface area contributed by atoms with Crippen molar-refractivity contribution in [3.05, 3.63) is 54.1 Å². The molecule has 15 heteroatoms. The number of carbonyl (C=O) groups is 4. The zero-order valence-electron chi connectivity index (χ0n) is 26.7. The molecule has 47 heavy (non-hydrogen) atoms. The van der Waals surface area contributed by atoms with E-state index in [1.165, 1.54) is 17.9 Å². The molecular formula is C32H37F3N4O7S. The molecule has 1 aliphatic heterocycles. The average molecular weight is 679 g/mol. The Kier molecular flexibility index (Phi) is 10.7. The smallest absolute Gasteiger partial charge is 0.445 e.